The smallest absolute Gasteiger partial charge is 0.313 e. The van der Waals surface area contributed by atoms with E-state index in [9.17, 15) is 9.59 Å². The van der Waals surface area contributed by atoms with Gasteiger partial charge in [-0.3, -0.25) is 9.59 Å². The predicted octanol–water partition coefficient (Wildman–Crippen LogP) is 4.45. The number of hydrogen-bond donors (Lipinski definition) is 3. The molecule has 2 aliphatic rings. The van der Waals surface area contributed by atoms with E-state index in [0.717, 1.165) is 45.9 Å². The minimum absolute atomic E-state index is 0.0124. The molecular formula is C33H35FIN3O6. The lowest BCUT2D eigenvalue weighted by atomic mass is 9.99. The molecule has 0 spiro atoms. The van der Waals surface area contributed by atoms with Gasteiger partial charge in [-0.05, 0) is 90.4 Å². The number of halogens is 2. The third-order valence-corrected chi connectivity index (χ3v) is 9.58. The van der Waals surface area contributed by atoms with Crippen molar-refractivity contribution < 1.29 is 32.9 Å². The van der Waals surface area contributed by atoms with E-state index >= 15 is 4.39 Å². The molecule has 3 N–H and O–H groups in total. The van der Waals surface area contributed by atoms with Gasteiger partial charge in [-0.15, -0.1) is 0 Å². The van der Waals surface area contributed by atoms with Crippen LogP contribution in [-0.4, -0.2) is 52.3 Å². The maximum absolute atomic E-state index is 15.1. The van der Waals surface area contributed by atoms with Crippen molar-refractivity contribution in [1.82, 2.24) is 10.6 Å². The van der Waals surface area contributed by atoms with Crippen LogP contribution in [0.2, 0.25) is 0 Å². The van der Waals surface area contributed by atoms with Crippen LogP contribution < -0.4 is 40.1 Å². The number of carbonyl (C=O) groups excluding carboxylic acids is 2. The van der Waals surface area contributed by atoms with Gasteiger partial charge >= 0.3 is 11.8 Å². The van der Waals surface area contributed by atoms with Crippen LogP contribution in [-0.2, 0) is 16.0 Å². The molecule has 3 aromatic carbocycles. The molecule has 0 bridgehead atoms. The summed E-state index contributed by atoms with van der Waals surface area (Å²) in [6.45, 7) is 2.91. The zero-order chi connectivity index (χ0) is 30.9. The molecule has 11 heteroatoms. The zero-order valence-corrected chi connectivity index (χ0v) is 26.7. The SMILES string of the molecule is COc1cccc(CCNC(=O)C(=O)Nc2ccc(OC3=c4cc(OC)c(OCC5CCNCC5)cc4=IC=C3)c(F)c2)c1. The molecule has 0 atom stereocenters. The van der Waals surface area contributed by atoms with E-state index in [4.69, 9.17) is 18.9 Å². The van der Waals surface area contributed by atoms with Crippen molar-refractivity contribution in [3.8, 4) is 23.0 Å². The van der Waals surface area contributed by atoms with Gasteiger partial charge in [0, 0.05) is 26.7 Å². The number of methoxy groups -OCH3 is 2. The number of rotatable bonds is 11. The number of benzene rings is 3. The van der Waals surface area contributed by atoms with E-state index in [1.807, 2.05) is 42.5 Å². The summed E-state index contributed by atoms with van der Waals surface area (Å²) < 4.78 is 41.3. The minimum atomic E-state index is -0.892. The van der Waals surface area contributed by atoms with Crippen LogP contribution in [0.1, 0.15) is 18.4 Å². The lowest BCUT2D eigenvalue weighted by Crippen LogP contribution is -2.36. The van der Waals surface area contributed by atoms with Crippen molar-refractivity contribution in [2.24, 2.45) is 5.92 Å². The normalized spacial score (nSPS) is 14.4. The van der Waals surface area contributed by atoms with Gasteiger partial charge in [-0.25, -0.2) is 4.39 Å². The van der Waals surface area contributed by atoms with Gasteiger partial charge in [-0.1, -0.05) is 32.9 Å². The van der Waals surface area contributed by atoms with Crippen molar-refractivity contribution in [2.75, 3.05) is 45.8 Å². The molecule has 3 aromatic rings. The average Bonchev–Trinajstić information content (AvgIpc) is 3.05. The number of carbonyl (C=O) groups is 2. The molecule has 0 aliphatic carbocycles. The number of ether oxygens (including phenoxy) is 4. The van der Waals surface area contributed by atoms with Gasteiger partial charge in [0.25, 0.3) is 0 Å². The van der Waals surface area contributed by atoms with Crippen molar-refractivity contribution in [3.63, 3.8) is 0 Å². The fourth-order valence-corrected chi connectivity index (χ4v) is 6.99. The van der Waals surface area contributed by atoms with Gasteiger partial charge in [0.15, 0.2) is 23.1 Å². The summed E-state index contributed by atoms with van der Waals surface area (Å²) in [7, 11) is 3.18. The lowest BCUT2D eigenvalue weighted by molar-refractivity contribution is -0.136. The molecule has 5 rings (SSSR count). The Bertz CT molecular complexity index is 1670. The number of hydrogen-bond acceptors (Lipinski definition) is 7. The van der Waals surface area contributed by atoms with E-state index in [0.29, 0.717) is 42.0 Å². The highest BCUT2D eigenvalue weighted by atomic mass is 127. The summed E-state index contributed by atoms with van der Waals surface area (Å²) >= 11 is -0.433. The monoisotopic (exact) mass is 715 g/mol. The van der Waals surface area contributed by atoms with Gasteiger partial charge in [0.2, 0.25) is 0 Å². The Kier molecular flexibility index (Phi) is 10.8. The van der Waals surface area contributed by atoms with Crippen LogP contribution in [0.5, 0.6) is 23.0 Å². The fraction of sp³-hybridized carbons (Fsp3) is 0.303. The molecule has 1 fully saturated rings. The minimum Gasteiger partial charge on any atom is -0.497 e. The molecule has 232 valence electrons. The molecule has 0 aromatic heterocycles. The molecule has 0 saturated carbocycles. The Morgan fingerprint density at radius 3 is 2.59 bits per heavy atom. The third-order valence-electron chi connectivity index (χ3n) is 7.30. The summed E-state index contributed by atoms with van der Waals surface area (Å²) in [6.07, 6.45) is 4.53. The molecular weight excluding hydrogens is 680 g/mol. The quantitative estimate of drug-likeness (QED) is 0.199. The van der Waals surface area contributed by atoms with Crippen molar-refractivity contribution in [3.05, 3.63) is 84.5 Å². The first-order valence-electron chi connectivity index (χ1n) is 14.4. The standard InChI is InChI=1S/C33H35FIN3O6/c1-41-24-5-3-4-21(16-24)11-15-37-32(39)33(40)38-23-6-7-29(26(34)17-23)44-28-8-12-35-27-19-31(30(42-2)18-25(27)28)43-20-22-9-13-36-14-10-22/h3-8,12,16-19,22,36H,9-11,13-15,20H2,1-2H3,(H,37,39)(H,38,40). The van der Waals surface area contributed by atoms with Crippen LogP contribution in [0.15, 0.2) is 64.8 Å². The summed E-state index contributed by atoms with van der Waals surface area (Å²) in [4.78, 5) is 24.7. The van der Waals surface area contributed by atoms with E-state index in [1.165, 1.54) is 12.1 Å². The predicted molar refractivity (Wildman–Crippen MR) is 174 cm³/mol. The number of anilines is 1. The maximum Gasteiger partial charge on any atom is 0.313 e. The Balaban J connectivity index is 1.22. The zero-order valence-electron chi connectivity index (χ0n) is 24.6. The molecule has 1 saturated heterocycles. The first kappa shape index (κ1) is 31.5. The molecule has 0 unspecified atom stereocenters. The van der Waals surface area contributed by atoms with Crippen molar-refractivity contribution in [1.29, 1.82) is 0 Å². The van der Waals surface area contributed by atoms with E-state index in [2.05, 4.69) is 20.0 Å². The van der Waals surface area contributed by atoms with E-state index in [-0.39, 0.29) is 18.0 Å². The Morgan fingerprint density at radius 2 is 1.82 bits per heavy atom. The fourth-order valence-electron chi connectivity index (χ4n) is 4.87. The molecule has 2 heterocycles. The lowest BCUT2D eigenvalue weighted by Gasteiger charge is -2.23. The summed E-state index contributed by atoms with van der Waals surface area (Å²) in [5, 5.41) is 9.21. The first-order chi connectivity index (χ1) is 21.4. The molecule has 0 radical (unpaired) electrons. The molecule has 9 nitrogen and oxygen atoms in total. The summed E-state index contributed by atoms with van der Waals surface area (Å²) in [5.41, 5.74) is 1.09. The third kappa shape index (κ3) is 8.14. The second kappa shape index (κ2) is 15.2. The maximum atomic E-state index is 15.1. The largest absolute Gasteiger partial charge is 0.497 e. The molecule has 2 aliphatic heterocycles. The first-order valence-corrected chi connectivity index (χ1v) is 16.7. The van der Waals surface area contributed by atoms with Crippen molar-refractivity contribution >= 4 is 44.0 Å². The van der Waals surface area contributed by atoms with E-state index in [1.54, 1.807) is 14.2 Å². The van der Waals surface area contributed by atoms with Crippen LogP contribution in [0.3, 0.4) is 0 Å². The Morgan fingerprint density at radius 1 is 0.977 bits per heavy atom. The number of nitrogens with one attached hydrogen (secondary N) is 3. The average molecular weight is 716 g/mol. The number of piperidine rings is 1. The number of fused-ring (bicyclic) bond motifs is 1. The highest BCUT2D eigenvalue weighted by Gasteiger charge is 2.18. The summed E-state index contributed by atoms with van der Waals surface area (Å²) in [6, 6.07) is 15.4. The highest BCUT2D eigenvalue weighted by molar-refractivity contribution is 14.2. The topological polar surface area (TPSA) is 107 Å². The number of amides is 2. The highest BCUT2D eigenvalue weighted by Crippen LogP contribution is 2.30. The van der Waals surface area contributed by atoms with Gasteiger partial charge < -0.3 is 34.9 Å². The van der Waals surface area contributed by atoms with Crippen LogP contribution in [0.4, 0.5) is 10.1 Å². The van der Waals surface area contributed by atoms with E-state index < -0.39 is 38.4 Å². The van der Waals surface area contributed by atoms with Gasteiger partial charge in [0.1, 0.15) is 11.5 Å². The molecule has 44 heavy (non-hydrogen) atoms. The molecule has 2 amide bonds. The second-order valence-electron chi connectivity index (χ2n) is 10.3. The van der Waals surface area contributed by atoms with Crippen LogP contribution in [0.25, 0.3) is 5.76 Å². The second-order valence-corrected chi connectivity index (χ2v) is 12.8. The summed E-state index contributed by atoms with van der Waals surface area (Å²) in [5.74, 6) is 0.604. The van der Waals surface area contributed by atoms with Crippen LogP contribution in [0, 0.1) is 14.9 Å². The van der Waals surface area contributed by atoms with Crippen molar-refractivity contribution in [2.45, 2.75) is 19.3 Å². The van der Waals surface area contributed by atoms with Crippen LogP contribution >= 0.6 is 20.7 Å². The van der Waals surface area contributed by atoms with Gasteiger partial charge in [-0.2, -0.15) is 0 Å². The van der Waals surface area contributed by atoms with Gasteiger partial charge in [0.05, 0.1) is 20.8 Å². The Labute approximate surface area is 265 Å². The Hall–Kier alpha value is -3.97.